The van der Waals surface area contributed by atoms with Gasteiger partial charge in [0.2, 0.25) is 17.7 Å². The fourth-order valence-electron chi connectivity index (χ4n) is 5.18. The van der Waals surface area contributed by atoms with Crippen LogP contribution in [0.4, 0.5) is 0 Å². The van der Waals surface area contributed by atoms with Gasteiger partial charge in [0.15, 0.2) is 0 Å². The van der Waals surface area contributed by atoms with Crippen LogP contribution in [-0.2, 0) is 24.0 Å². The Balaban J connectivity index is -0.000000694. The van der Waals surface area contributed by atoms with Gasteiger partial charge >= 0.3 is 41.5 Å². The van der Waals surface area contributed by atoms with Gasteiger partial charge in [0.05, 0.1) is 0 Å². The number of amides is 3. The zero-order valence-electron chi connectivity index (χ0n) is 31.2. The van der Waals surface area contributed by atoms with Crippen LogP contribution in [0.1, 0.15) is 176 Å². The van der Waals surface area contributed by atoms with Crippen LogP contribution in [-0.4, -0.2) is 63.4 Å². The maximum atomic E-state index is 13.0. The summed E-state index contributed by atoms with van der Waals surface area (Å²) in [5, 5.41) is 18.0. The zero-order valence-corrected chi connectivity index (χ0v) is 32.2. The molecule has 272 valence electrons. The molecule has 0 heterocycles. The summed E-state index contributed by atoms with van der Waals surface area (Å²) in [5.41, 5.74) is 15.6. The van der Waals surface area contributed by atoms with Crippen LogP contribution in [0.5, 0.6) is 0 Å². The SMILES string of the molecule is CCCCCCCCCCCC(=O)N(C(=O)CCCCCCCCCCC)[C@@H](CCC(N)=O)C(=O)O.NCCCCC(N)C(=O)O.[H-].[Na+]. The summed E-state index contributed by atoms with van der Waals surface area (Å²) in [7, 11) is 0. The molecule has 0 aliphatic carbocycles. The van der Waals surface area contributed by atoms with Gasteiger partial charge in [-0.2, -0.15) is 0 Å². The first-order valence-corrected chi connectivity index (χ1v) is 18.1. The second-order valence-electron chi connectivity index (χ2n) is 12.4. The number of nitrogens with two attached hydrogens (primary N) is 3. The molecule has 0 fully saturated rings. The number of primary amides is 1. The topological polar surface area (TPSA) is 207 Å². The normalized spacial score (nSPS) is 11.8. The second kappa shape index (κ2) is 35.8. The van der Waals surface area contributed by atoms with Crippen LogP contribution in [0.25, 0.3) is 0 Å². The van der Waals surface area contributed by atoms with Crippen molar-refractivity contribution in [3.63, 3.8) is 0 Å². The van der Waals surface area contributed by atoms with E-state index in [-0.39, 0.29) is 56.7 Å². The summed E-state index contributed by atoms with van der Waals surface area (Å²) in [5.74, 6) is -3.74. The average molecular weight is 681 g/mol. The minimum atomic E-state index is -1.34. The molecule has 0 spiro atoms. The van der Waals surface area contributed by atoms with Crippen molar-refractivity contribution in [2.45, 2.75) is 186 Å². The van der Waals surface area contributed by atoms with Crippen molar-refractivity contribution >= 4 is 29.7 Å². The third-order valence-corrected chi connectivity index (χ3v) is 8.07. The Morgan fingerprint density at radius 1 is 0.574 bits per heavy atom. The van der Waals surface area contributed by atoms with Crippen molar-refractivity contribution in [2.24, 2.45) is 17.2 Å². The van der Waals surface area contributed by atoms with Crippen LogP contribution in [0, 0.1) is 0 Å². The van der Waals surface area contributed by atoms with Crippen molar-refractivity contribution in [1.29, 1.82) is 0 Å². The minimum absolute atomic E-state index is 0. The van der Waals surface area contributed by atoms with Gasteiger partial charge < -0.3 is 28.8 Å². The molecule has 0 bridgehead atoms. The molecule has 0 saturated heterocycles. The molecule has 8 N–H and O–H groups in total. The van der Waals surface area contributed by atoms with Crippen LogP contribution in [0.15, 0.2) is 0 Å². The Bertz CT molecular complexity index is 790. The minimum Gasteiger partial charge on any atom is -1.00 e. The monoisotopic (exact) mass is 681 g/mol. The molecule has 0 aliphatic heterocycles. The molecule has 11 nitrogen and oxygen atoms in total. The molecular weight excluding hydrogens is 611 g/mol. The van der Waals surface area contributed by atoms with Crippen LogP contribution in [0.3, 0.4) is 0 Å². The van der Waals surface area contributed by atoms with Crippen molar-refractivity contribution in [2.75, 3.05) is 6.54 Å². The summed E-state index contributed by atoms with van der Waals surface area (Å²) in [6.07, 6.45) is 22.0. The second-order valence-corrected chi connectivity index (χ2v) is 12.4. The first kappa shape index (κ1) is 49.9. The smallest absolute Gasteiger partial charge is 1.00 e. The molecule has 0 aromatic rings. The van der Waals surface area contributed by atoms with Gasteiger partial charge in [-0.25, -0.2) is 4.79 Å². The number of aliphatic carboxylic acids is 2. The summed E-state index contributed by atoms with van der Waals surface area (Å²) in [6, 6.07) is -2.05. The molecule has 0 aromatic heterocycles. The zero-order chi connectivity index (χ0) is 35.0. The van der Waals surface area contributed by atoms with Crippen molar-refractivity contribution in [3.8, 4) is 0 Å². The van der Waals surface area contributed by atoms with Crippen LogP contribution >= 0.6 is 0 Å². The quantitative estimate of drug-likeness (QED) is 0.0555. The maximum absolute atomic E-state index is 13.0. The third-order valence-electron chi connectivity index (χ3n) is 8.07. The molecule has 1 unspecified atom stereocenters. The van der Waals surface area contributed by atoms with Crippen LogP contribution < -0.4 is 46.8 Å². The van der Waals surface area contributed by atoms with Gasteiger partial charge in [0.25, 0.3) is 0 Å². The number of hydrogen-bond donors (Lipinski definition) is 5. The standard InChI is InChI=1S/C29H54N2O5.C6H14N2O2.Na.H/c1-3-5-7-9-11-13-15-17-19-21-27(33)31(25(29(35)36)23-24-26(30)32)28(34)22-20-18-16-14-12-10-8-6-4-2;7-4-2-1-3-5(8)6(9)10;;/h25H,3-24H2,1-2H3,(H2,30,32)(H,35,36);5H,1-4,7-8H2,(H,9,10);;/q;;+1;-1/t25-;;;/m0.../s1. The Morgan fingerprint density at radius 2 is 0.957 bits per heavy atom. The molecule has 47 heavy (non-hydrogen) atoms. The predicted octanol–water partition coefficient (Wildman–Crippen LogP) is 3.55. The Morgan fingerprint density at radius 3 is 1.28 bits per heavy atom. The predicted molar refractivity (Wildman–Crippen MR) is 185 cm³/mol. The van der Waals surface area contributed by atoms with Gasteiger partial charge in [-0.3, -0.25) is 24.1 Å². The van der Waals surface area contributed by atoms with Gasteiger partial charge in [-0.1, -0.05) is 123 Å². The van der Waals surface area contributed by atoms with E-state index in [0.717, 1.165) is 56.3 Å². The molecule has 12 heteroatoms. The number of rotatable bonds is 30. The number of carboxylic acids is 2. The van der Waals surface area contributed by atoms with Gasteiger partial charge in [-0.05, 0) is 38.6 Å². The fraction of sp³-hybridized carbons (Fsp3) is 0.857. The number of carbonyl (C=O) groups is 5. The number of nitrogens with zero attached hydrogens (tertiary/aromatic N) is 1. The fourth-order valence-corrected chi connectivity index (χ4v) is 5.18. The number of carboxylic acid groups (broad SMARTS) is 2. The van der Waals surface area contributed by atoms with Gasteiger partial charge in [0.1, 0.15) is 12.1 Å². The summed E-state index contributed by atoms with van der Waals surface area (Å²) in [6.45, 7) is 5.00. The van der Waals surface area contributed by atoms with E-state index >= 15 is 0 Å². The summed E-state index contributed by atoms with van der Waals surface area (Å²) >= 11 is 0. The van der Waals surface area contributed by atoms with Crippen molar-refractivity contribution in [3.05, 3.63) is 0 Å². The van der Waals surface area contributed by atoms with E-state index in [1.165, 1.54) is 64.2 Å². The summed E-state index contributed by atoms with van der Waals surface area (Å²) in [4.78, 5) is 60.1. The summed E-state index contributed by atoms with van der Waals surface area (Å²) < 4.78 is 0. The van der Waals surface area contributed by atoms with E-state index in [1.807, 2.05) is 0 Å². The number of imide groups is 1. The van der Waals surface area contributed by atoms with E-state index in [4.69, 9.17) is 22.3 Å². The number of unbranched alkanes of at least 4 members (excludes halogenated alkanes) is 17. The molecule has 0 rings (SSSR count). The Kier molecular flexibility index (Phi) is 37.9. The van der Waals surface area contributed by atoms with E-state index in [0.29, 0.717) is 25.8 Å². The number of hydrogen-bond acceptors (Lipinski definition) is 7. The molecule has 0 aliphatic rings. The Hall–Kier alpha value is -1.53. The number of carbonyl (C=O) groups excluding carboxylic acids is 3. The molecule has 0 saturated carbocycles. The largest absolute Gasteiger partial charge is 1.00 e. The van der Waals surface area contributed by atoms with Gasteiger partial charge in [0, 0.05) is 19.3 Å². The maximum Gasteiger partial charge on any atom is 1.00 e. The first-order valence-electron chi connectivity index (χ1n) is 18.1. The van der Waals surface area contributed by atoms with E-state index in [1.54, 1.807) is 0 Å². The molecule has 0 radical (unpaired) electrons. The molecule has 0 aromatic carbocycles. The van der Waals surface area contributed by atoms with Crippen molar-refractivity contribution < 1.29 is 65.2 Å². The molecular formula is C35H69N4NaO7. The average Bonchev–Trinajstić information content (AvgIpc) is 3.01. The third kappa shape index (κ3) is 31.5. The van der Waals surface area contributed by atoms with E-state index < -0.39 is 41.7 Å². The molecule has 2 atom stereocenters. The molecule has 3 amide bonds. The first-order chi connectivity index (χ1) is 22.0. The van der Waals surface area contributed by atoms with Crippen LogP contribution in [0.2, 0.25) is 0 Å². The van der Waals surface area contributed by atoms with Crippen molar-refractivity contribution in [1.82, 2.24) is 4.90 Å². The van der Waals surface area contributed by atoms with Gasteiger partial charge in [-0.15, -0.1) is 0 Å². The van der Waals surface area contributed by atoms with E-state index in [2.05, 4.69) is 13.8 Å². The Labute approximate surface area is 308 Å². The van der Waals surface area contributed by atoms with E-state index in [9.17, 15) is 29.1 Å².